The summed E-state index contributed by atoms with van der Waals surface area (Å²) in [7, 11) is 0. The zero-order valence-electron chi connectivity index (χ0n) is 10.4. The van der Waals surface area contributed by atoms with Gasteiger partial charge in [-0.15, -0.1) is 0 Å². The summed E-state index contributed by atoms with van der Waals surface area (Å²) < 4.78 is 2.38. The van der Waals surface area contributed by atoms with E-state index in [1.165, 1.54) is 11.3 Å². The molecule has 0 bridgehead atoms. The molecule has 16 heavy (non-hydrogen) atoms. The van der Waals surface area contributed by atoms with Crippen LogP contribution in [0.5, 0.6) is 0 Å². The lowest BCUT2D eigenvalue weighted by atomic mass is 10.2. The van der Waals surface area contributed by atoms with E-state index in [4.69, 9.17) is 4.98 Å². The summed E-state index contributed by atoms with van der Waals surface area (Å²) in [5.74, 6) is 1.89. The third-order valence-electron chi connectivity index (χ3n) is 2.75. The summed E-state index contributed by atoms with van der Waals surface area (Å²) >= 11 is 0. The van der Waals surface area contributed by atoms with Crippen LogP contribution >= 0.6 is 0 Å². The van der Waals surface area contributed by atoms with Crippen molar-refractivity contribution in [2.45, 2.75) is 40.2 Å². The van der Waals surface area contributed by atoms with Crippen molar-refractivity contribution in [3.05, 3.63) is 30.1 Å². The number of hydrogen-bond donors (Lipinski definition) is 0. The van der Waals surface area contributed by atoms with Gasteiger partial charge in [0.15, 0.2) is 0 Å². The van der Waals surface area contributed by atoms with Crippen LogP contribution < -0.4 is 0 Å². The fourth-order valence-corrected chi connectivity index (χ4v) is 2.11. The smallest absolute Gasteiger partial charge is 0.109 e. The summed E-state index contributed by atoms with van der Waals surface area (Å²) in [4.78, 5) is 4.72. The molecule has 0 saturated heterocycles. The van der Waals surface area contributed by atoms with Crippen LogP contribution in [0.1, 0.15) is 33.0 Å². The number of para-hydroxylation sites is 2. The maximum absolute atomic E-state index is 4.72. The molecule has 1 aromatic heterocycles. The van der Waals surface area contributed by atoms with Gasteiger partial charge in [-0.2, -0.15) is 0 Å². The van der Waals surface area contributed by atoms with E-state index in [1.807, 2.05) is 0 Å². The van der Waals surface area contributed by atoms with Crippen molar-refractivity contribution in [3.63, 3.8) is 0 Å². The van der Waals surface area contributed by atoms with E-state index >= 15 is 0 Å². The zero-order valence-corrected chi connectivity index (χ0v) is 10.4. The highest BCUT2D eigenvalue weighted by Crippen LogP contribution is 2.18. The average Bonchev–Trinajstić information content (AvgIpc) is 2.57. The SMILES string of the molecule is CCCc1nc2ccccc2n1CC(C)C. The first-order chi connectivity index (χ1) is 7.72. The normalized spacial score (nSPS) is 11.5. The number of rotatable bonds is 4. The van der Waals surface area contributed by atoms with Crippen LogP contribution in [0.15, 0.2) is 24.3 Å². The molecule has 2 rings (SSSR count). The summed E-state index contributed by atoms with van der Waals surface area (Å²) in [5.41, 5.74) is 2.41. The Bertz CT molecular complexity index is 469. The van der Waals surface area contributed by atoms with Crippen LogP contribution in [0.25, 0.3) is 11.0 Å². The largest absolute Gasteiger partial charge is 0.328 e. The van der Waals surface area contributed by atoms with Gasteiger partial charge in [-0.25, -0.2) is 4.98 Å². The van der Waals surface area contributed by atoms with E-state index in [1.54, 1.807) is 0 Å². The molecule has 0 unspecified atom stereocenters. The molecule has 0 fully saturated rings. The fraction of sp³-hybridized carbons (Fsp3) is 0.500. The minimum absolute atomic E-state index is 0.660. The third-order valence-corrected chi connectivity index (χ3v) is 2.75. The van der Waals surface area contributed by atoms with Crippen molar-refractivity contribution in [2.75, 3.05) is 0 Å². The lowest BCUT2D eigenvalue weighted by Gasteiger charge is -2.11. The standard InChI is InChI=1S/C14H20N2/c1-4-7-14-15-12-8-5-6-9-13(12)16(14)10-11(2)3/h5-6,8-9,11H,4,7,10H2,1-3H3. The van der Waals surface area contributed by atoms with Crippen LogP contribution in [0.2, 0.25) is 0 Å². The van der Waals surface area contributed by atoms with E-state index in [0.29, 0.717) is 5.92 Å². The molecule has 0 saturated carbocycles. The van der Waals surface area contributed by atoms with Crippen LogP contribution in [0, 0.1) is 5.92 Å². The Balaban J connectivity index is 2.50. The number of aryl methyl sites for hydroxylation is 1. The van der Waals surface area contributed by atoms with Gasteiger partial charge in [0.25, 0.3) is 0 Å². The zero-order chi connectivity index (χ0) is 11.5. The maximum Gasteiger partial charge on any atom is 0.109 e. The summed E-state index contributed by atoms with van der Waals surface area (Å²) in [6, 6.07) is 8.43. The topological polar surface area (TPSA) is 17.8 Å². The van der Waals surface area contributed by atoms with Crippen molar-refractivity contribution in [1.82, 2.24) is 9.55 Å². The lowest BCUT2D eigenvalue weighted by Crippen LogP contribution is -2.08. The van der Waals surface area contributed by atoms with Crippen LogP contribution in [0.3, 0.4) is 0 Å². The molecule has 0 aliphatic carbocycles. The predicted octanol–water partition coefficient (Wildman–Crippen LogP) is 3.64. The van der Waals surface area contributed by atoms with Gasteiger partial charge >= 0.3 is 0 Å². The first-order valence-corrected chi connectivity index (χ1v) is 6.16. The van der Waals surface area contributed by atoms with Gasteiger partial charge in [-0.1, -0.05) is 32.9 Å². The van der Waals surface area contributed by atoms with E-state index < -0.39 is 0 Å². The van der Waals surface area contributed by atoms with Gasteiger partial charge in [-0.3, -0.25) is 0 Å². The Morgan fingerprint density at radius 1 is 1.25 bits per heavy atom. The van der Waals surface area contributed by atoms with Crippen molar-refractivity contribution >= 4 is 11.0 Å². The van der Waals surface area contributed by atoms with Crippen LogP contribution in [0.4, 0.5) is 0 Å². The van der Waals surface area contributed by atoms with Crippen molar-refractivity contribution in [1.29, 1.82) is 0 Å². The molecule has 1 heterocycles. The number of aromatic nitrogens is 2. The van der Waals surface area contributed by atoms with E-state index in [9.17, 15) is 0 Å². The third kappa shape index (κ3) is 2.11. The first-order valence-electron chi connectivity index (χ1n) is 6.16. The molecule has 0 radical (unpaired) electrons. The molecule has 0 N–H and O–H groups in total. The minimum Gasteiger partial charge on any atom is -0.328 e. The van der Waals surface area contributed by atoms with Gasteiger partial charge in [0.2, 0.25) is 0 Å². The average molecular weight is 216 g/mol. The van der Waals surface area contributed by atoms with E-state index in [0.717, 1.165) is 24.9 Å². The fourth-order valence-electron chi connectivity index (χ4n) is 2.11. The number of fused-ring (bicyclic) bond motifs is 1. The molecule has 1 aromatic carbocycles. The van der Waals surface area contributed by atoms with Crippen molar-refractivity contribution in [3.8, 4) is 0 Å². The molecular formula is C14H20N2. The second kappa shape index (κ2) is 4.69. The Morgan fingerprint density at radius 2 is 2.00 bits per heavy atom. The van der Waals surface area contributed by atoms with Gasteiger partial charge in [0.1, 0.15) is 5.82 Å². The molecule has 0 aliphatic heterocycles. The molecule has 0 atom stereocenters. The van der Waals surface area contributed by atoms with Gasteiger partial charge in [0, 0.05) is 13.0 Å². The Morgan fingerprint density at radius 3 is 2.69 bits per heavy atom. The number of imidazole rings is 1. The van der Waals surface area contributed by atoms with Crippen molar-refractivity contribution in [2.24, 2.45) is 5.92 Å². The van der Waals surface area contributed by atoms with Gasteiger partial charge in [-0.05, 0) is 24.5 Å². The summed E-state index contributed by atoms with van der Waals surface area (Å²) in [6.45, 7) is 7.78. The van der Waals surface area contributed by atoms with Gasteiger partial charge in [0.05, 0.1) is 11.0 Å². The molecule has 0 amide bonds. The highest BCUT2D eigenvalue weighted by molar-refractivity contribution is 5.75. The molecule has 0 spiro atoms. The Kier molecular flexibility index (Phi) is 3.28. The Labute approximate surface area is 97.3 Å². The van der Waals surface area contributed by atoms with Crippen molar-refractivity contribution < 1.29 is 0 Å². The number of hydrogen-bond acceptors (Lipinski definition) is 1. The van der Waals surface area contributed by atoms with E-state index in [-0.39, 0.29) is 0 Å². The summed E-state index contributed by atoms with van der Waals surface area (Å²) in [5, 5.41) is 0. The monoisotopic (exact) mass is 216 g/mol. The molecule has 2 heteroatoms. The molecular weight excluding hydrogens is 196 g/mol. The van der Waals surface area contributed by atoms with Crippen LogP contribution in [-0.4, -0.2) is 9.55 Å². The molecule has 86 valence electrons. The Hall–Kier alpha value is -1.31. The second-order valence-electron chi connectivity index (χ2n) is 4.77. The summed E-state index contributed by atoms with van der Waals surface area (Å²) in [6.07, 6.45) is 2.23. The molecule has 2 aromatic rings. The molecule has 0 aliphatic rings. The highest BCUT2D eigenvalue weighted by Gasteiger charge is 2.10. The van der Waals surface area contributed by atoms with Crippen LogP contribution in [-0.2, 0) is 13.0 Å². The van der Waals surface area contributed by atoms with E-state index in [2.05, 4.69) is 49.6 Å². The first kappa shape index (κ1) is 11.2. The number of nitrogens with zero attached hydrogens (tertiary/aromatic N) is 2. The highest BCUT2D eigenvalue weighted by atomic mass is 15.1. The predicted molar refractivity (Wildman–Crippen MR) is 68.6 cm³/mol. The second-order valence-corrected chi connectivity index (χ2v) is 4.77. The number of benzene rings is 1. The van der Waals surface area contributed by atoms with Gasteiger partial charge < -0.3 is 4.57 Å². The maximum atomic E-state index is 4.72. The quantitative estimate of drug-likeness (QED) is 0.763. The lowest BCUT2D eigenvalue weighted by molar-refractivity contribution is 0.515. The minimum atomic E-state index is 0.660. The molecule has 2 nitrogen and oxygen atoms in total.